The molecule has 0 spiro atoms. The summed E-state index contributed by atoms with van der Waals surface area (Å²) in [6, 6.07) is 5.00. The third kappa shape index (κ3) is 2.93. The maximum absolute atomic E-state index is 13.1. The van der Waals surface area contributed by atoms with Crippen LogP contribution in [0.5, 0.6) is 0 Å². The van der Waals surface area contributed by atoms with Crippen LogP contribution in [0.2, 0.25) is 5.02 Å². The van der Waals surface area contributed by atoms with Crippen LogP contribution < -0.4 is 5.73 Å². The van der Waals surface area contributed by atoms with Crippen LogP contribution in [0.25, 0.3) is 0 Å². The van der Waals surface area contributed by atoms with Gasteiger partial charge in [-0.1, -0.05) is 17.7 Å². The van der Waals surface area contributed by atoms with E-state index < -0.39 is 0 Å². The third-order valence-corrected chi connectivity index (χ3v) is 3.32. The van der Waals surface area contributed by atoms with E-state index in [1.54, 1.807) is 6.07 Å². The molecule has 1 aromatic carbocycles. The second kappa shape index (κ2) is 4.11. The summed E-state index contributed by atoms with van der Waals surface area (Å²) in [5, 5.41) is 0.191. The van der Waals surface area contributed by atoms with Crippen molar-refractivity contribution < 1.29 is 4.39 Å². The van der Waals surface area contributed by atoms with Crippen molar-refractivity contribution in [2.24, 2.45) is 5.73 Å². The Morgan fingerprint density at radius 2 is 2.13 bits per heavy atom. The molecule has 82 valence electrons. The lowest BCUT2D eigenvalue weighted by Crippen LogP contribution is -2.21. The van der Waals surface area contributed by atoms with Crippen molar-refractivity contribution in [1.82, 2.24) is 0 Å². The van der Waals surface area contributed by atoms with Crippen LogP contribution in [-0.2, 0) is 6.42 Å². The molecule has 0 amide bonds. The molecular weight excluding hydrogens is 213 g/mol. The number of aryl methyl sites for hydroxylation is 1. The molecule has 1 aromatic rings. The standard InChI is InChI=1S/C12H15ClFN/c13-10-4-3-9(8-11(10)14)2-1-5-12(15)6-7-12/h3-4,8H,1-2,5-7,15H2. The second-order valence-electron chi connectivity index (χ2n) is 4.46. The van der Waals surface area contributed by atoms with Crippen LogP contribution in [0, 0.1) is 5.82 Å². The van der Waals surface area contributed by atoms with Crippen LogP contribution in [0.3, 0.4) is 0 Å². The van der Waals surface area contributed by atoms with Crippen molar-refractivity contribution in [2.75, 3.05) is 0 Å². The molecule has 0 heterocycles. The predicted molar refractivity (Wildman–Crippen MR) is 60.5 cm³/mol. The Kier molecular flexibility index (Phi) is 2.98. The fraction of sp³-hybridized carbons (Fsp3) is 0.500. The lowest BCUT2D eigenvalue weighted by molar-refractivity contribution is 0.573. The van der Waals surface area contributed by atoms with Gasteiger partial charge >= 0.3 is 0 Å². The molecule has 0 saturated heterocycles. The summed E-state index contributed by atoms with van der Waals surface area (Å²) in [7, 11) is 0. The zero-order valence-corrected chi connectivity index (χ0v) is 9.36. The highest BCUT2D eigenvalue weighted by Gasteiger charge is 2.36. The molecule has 0 aliphatic heterocycles. The summed E-state index contributed by atoms with van der Waals surface area (Å²) in [6.45, 7) is 0. The largest absolute Gasteiger partial charge is 0.325 e. The van der Waals surface area contributed by atoms with Crippen molar-refractivity contribution in [1.29, 1.82) is 0 Å². The molecule has 15 heavy (non-hydrogen) atoms. The number of rotatable bonds is 4. The minimum Gasteiger partial charge on any atom is -0.325 e. The third-order valence-electron chi connectivity index (χ3n) is 3.02. The van der Waals surface area contributed by atoms with E-state index in [0.29, 0.717) is 0 Å². The summed E-state index contributed by atoms with van der Waals surface area (Å²) in [6.07, 6.45) is 5.23. The summed E-state index contributed by atoms with van der Waals surface area (Å²) in [4.78, 5) is 0. The molecule has 0 radical (unpaired) electrons. The second-order valence-corrected chi connectivity index (χ2v) is 4.87. The lowest BCUT2D eigenvalue weighted by Gasteiger charge is -2.07. The molecule has 1 saturated carbocycles. The molecular formula is C12H15ClFN. The first-order valence-electron chi connectivity index (χ1n) is 5.32. The SMILES string of the molecule is NC1(CCCc2ccc(Cl)c(F)c2)CC1. The van der Waals surface area contributed by atoms with E-state index in [1.807, 2.05) is 6.07 Å². The van der Waals surface area contributed by atoms with Gasteiger partial charge in [-0.2, -0.15) is 0 Å². The Balaban J connectivity index is 1.85. The average molecular weight is 228 g/mol. The van der Waals surface area contributed by atoms with Gasteiger partial charge in [-0.05, 0) is 49.8 Å². The lowest BCUT2D eigenvalue weighted by atomic mass is 10.0. The van der Waals surface area contributed by atoms with Gasteiger partial charge < -0.3 is 5.73 Å². The molecule has 1 aliphatic carbocycles. The molecule has 0 bridgehead atoms. The molecule has 2 N–H and O–H groups in total. The summed E-state index contributed by atoms with van der Waals surface area (Å²) in [5.41, 5.74) is 7.07. The molecule has 1 nitrogen and oxygen atoms in total. The molecule has 1 aliphatic rings. The van der Waals surface area contributed by atoms with E-state index in [0.717, 1.165) is 37.7 Å². The van der Waals surface area contributed by atoms with Crippen LogP contribution >= 0.6 is 11.6 Å². The summed E-state index contributed by atoms with van der Waals surface area (Å²) >= 11 is 5.60. The fourth-order valence-electron chi connectivity index (χ4n) is 1.75. The molecule has 0 aromatic heterocycles. The van der Waals surface area contributed by atoms with Gasteiger partial charge in [-0.3, -0.25) is 0 Å². The maximum atomic E-state index is 13.1. The summed E-state index contributed by atoms with van der Waals surface area (Å²) < 4.78 is 13.1. The highest BCUT2D eigenvalue weighted by atomic mass is 35.5. The zero-order valence-electron chi connectivity index (χ0n) is 8.60. The highest BCUT2D eigenvalue weighted by molar-refractivity contribution is 6.30. The number of benzene rings is 1. The van der Waals surface area contributed by atoms with Gasteiger partial charge in [0.2, 0.25) is 0 Å². The quantitative estimate of drug-likeness (QED) is 0.839. The summed E-state index contributed by atoms with van der Waals surface area (Å²) in [5.74, 6) is -0.331. The van der Waals surface area contributed by atoms with Gasteiger partial charge in [0.15, 0.2) is 0 Å². The topological polar surface area (TPSA) is 26.0 Å². The monoisotopic (exact) mass is 227 g/mol. The van der Waals surface area contributed by atoms with E-state index in [-0.39, 0.29) is 16.4 Å². The molecule has 1 fully saturated rings. The van der Waals surface area contributed by atoms with Crippen molar-refractivity contribution in [3.63, 3.8) is 0 Å². The Morgan fingerprint density at radius 1 is 1.40 bits per heavy atom. The first-order valence-corrected chi connectivity index (χ1v) is 5.70. The van der Waals surface area contributed by atoms with Gasteiger partial charge in [0, 0.05) is 5.54 Å². The maximum Gasteiger partial charge on any atom is 0.142 e. The number of halogens is 2. The van der Waals surface area contributed by atoms with Gasteiger partial charge in [-0.15, -0.1) is 0 Å². The van der Waals surface area contributed by atoms with Crippen LogP contribution in [0.1, 0.15) is 31.2 Å². The molecule has 0 atom stereocenters. The molecule has 0 unspecified atom stereocenters. The van der Waals surface area contributed by atoms with Crippen LogP contribution in [-0.4, -0.2) is 5.54 Å². The first-order chi connectivity index (χ1) is 7.09. The Bertz CT molecular complexity index is 361. The zero-order chi connectivity index (χ0) is 10.9. The van der Waals surface area contributed by atoms with E-state index in [1.165, 1.54) is 6.07 Å². The molecule has 3 heteroatoms. The normalized spacial score (nSPS) is 17.8. The predicted octanol–water partition coefficient (Wildman–Crippen LogP) is 3.29. The van der Waals surface area contributed by atoms with E-state index in [9.17, 15) is 4.39 Å². The van der Waals surface area contributed by atoms with Crippen LogP contribution in [0.15, 0.2) is 18.2 Å². The highest BCUT2D eigenvalue weighted by Crippen LogP contribution is 2.36. The van der Waals surface area contributed by atoms with Gasteiger partial charge in [0.05, 0.1) is 5.02 Å². The Hall–Kier alpha value is -0.600. The van der Waals surface area contributed by atoms with Crippen molar-refractivity contribution >= 4 is 11.6 Å². The fourth-order valence-corrected chi connectivity index (χ4v) is 1.87. The molecule has 2 rings (SSSR count). The number of nitrogens with two attached hydrogens (primary N) is 1. The van der Waals surface area contributed by atoms with Crippen molar-refractivity contribution in [2.45, 2.75) is 37.6 Å². The Morgan fingerprint density at radius 3 is 2.73 bits per heavy atom. The van der Waals surface area contributed by atoms with Gasteiger partial charge in [0.1, 0.15) is 5.82 Å². The van der Waals surface area contributed by atoms with E-state index >= 15 is 0 Å². The minimum absolute atomic E-state index is 0.102. The number of hydrogen-bond donors (Lipinski definition) is 1. The first kappa shape index (κ1) is 10.9. The smallest absolute Gasteiger partial charge is 0.142 e. The van der Waals surface area contributed by atoms with Gasteiger partial charge in [-0.25, -0.2) is 4.39 Å². The van der Waals surface area contributed by atoms with Crippen molar-refractivity contribution in [3.8, 4) is 0 Å². The van der Waals surface area contributed by atoms with E-state index in [2.05, 4.69) is 0 Å². The Labute approximate surface area is 94.4 Å². The van der Waals surface area contributed by atoms with Crippen molar-refractivity contribution in [3.05, 3.63) is 34.6 Å². The minimum atomic E-state index is -0.331. The van der Waals surface area contributed by atoms with Gasteiger partial charge in [0.25, 0.3) is 0 Å². The average Bonchev–Trinajstić information content (AvgIpc) is 2.90. The van der Waals surface area contributed by atoms with E-state index in [4.69, 9.17) is 17.3 Å². The number of hydrogen-bond acceptors (Lipinski definition) is 1. The van der Waals surface area contributed by atoms with Crippen LogP contribution in [0.4, 0.5) is 4.39 Å².